The molecule has 1 saturated heterocycles. The molecule has 2 N–H and O–H groups in total. The minimum atomic E-state index is -0.449. The molecule has 6 heteroatoms. The zero-order valence-electron chi connectivity index (χ0n) is 14.2. The number of nitrogens with one attached hydrogen (secondary N) is 2. The predicted octanol–water partition coefficient (Wildman–Crippen LogP) is 2.92. The van der Waals surface area contributed by atoms with Gasteiger partial charge in [-0.05, 0) is 30.2 Å². The Morgan fingerprint density at radius 3 is 2.88 bits per heavy atom. The van der Waals surface area contributed by atoms with Crippen LogP contribution in [0.1, 0.15) is 11.1 Å². The Kier molecular flexibility index (Phi) is 7.25. The van der Waals surface area contributed by atoms with Crippen molar-refractivity contribution in [1.29, 1.82) is 0 Å². The fourth-order valence-electron chi connectivity index (χ4n) is 2.55. The van der Waals surface area contributed by atoms with Crippen LogP contribution in [-0.4, -0.2) is 31.7 Å². The van der Waals surface area contributed by atoms with Crippen LogP contribution >= 0.6 is 12.4 Å². The van der Waals surface area contributed by atoms with Gasteiger partial charge >= 0.3 is 0 Å². The Morgan fingerprint density at radius 2 is 2.12 bits per heavy atom. The number of hydrogen-bond acceptors (Lipinski definition) is 4. The van der Waals surface area contributed by atoms with Gasteiger partial charge in [0.1, 0.15) is 18.5 Å². The number of carbonyl (C=O) groups is 1. The molecule has 5 nitrogen and oxygen atoms in total. The summed E-state index contributed by atoms with van der Waals surface area (Å²) in [6, 6.07) is 15.5. The highest BCUT2D eigenvalue weighted by atomic mass is 35.5. The van der Waals surface area contributed by atoms with Crippen LogP contribution < -0.4 is 15.4 Å². The molecule has 2 aromatic rings. The first kappa shape index (κ1) is 19.2. The monoisotopic (exact) mass is 362 g/mol. The molecule has 0 aromatic heterocycles. The largest absolute Gasteiger partial charge is 0.489 e. The summed E-state index contributed by atoms with van der Waals surface area (Å²) in [7, 11) is 0. The predicted molar refractivity (Wildman–Crippen MR) is 100 cm³/mol. The second kappa shape index (κ2) is 9.42. The van der Waals surface area contributed by atoms with Crippen molar-refractivity contribution in [2.75, 3.05) is 25.0 Å². The molecule has 2 aromatic carbocycles. The summed E-state index contributed by atoms with van der Waals surface area (Å²) in [6.07, 6.45) is -0.449. The molecule has 1 heterocycles. The third-order valence-electron chi connectivity index (χ3n) is 3.98. The van der Waals surface area contributed by atoms with E-state index in [4.69, 9.17) is 9.47 Å². The van der Waals surface area contributed by atoms with Crippen LogP contribution in [0.5, 0.6) is 5.75 Å². The Bertz CT molecular complexity index is 703. The first-order chi connectivity index (χ1) is 11.7. The first-order valence-electron chi connectivity index (χ1n) is 8.13. The number of rotatable bonds is 5. The lowest BCUT2D eigenvalue weighted by atomic mass is 10.1. The first-order valence-corrected chi connectivity index (χ1v) is 8.13. The van der Waals surface area contributed by atoms with Gasteiger partial charge in [-0.1, -0.05) is 30.3 Å². The van der Waals surface area contributed by atoms with Gasteiger partial charge in [0.15, 0.2) is 0 Å². The van der Waals surface area contributed by atoms with E-state index in [0.717, 1.165) is 17.9 Å². The molecule has 25 heavy (non-hydrogen) atoms. The summed E-state index contributed by atoms with van der Waals surface area (Å²) < 4.78 is 11.3. The van der Waals surface area contributed by atoms with Crippen LogP contribution in [0.2, 0.25) is 0 Å². The second-order valence-electron chi connectivity index (χ2n) is 5.80. The molecule has 0 saturated carbocycles. The smallest absolute Gasteiger partial charge is 0.254 e. The maximum atomic E-state index is 12.2. The Morgan fingerprint density at radius 1 is 1.28 bits per heavy atom. The van der Waals surface area contributed by atoms with Crippen LogP contribution in [0.3, 0.4) is 0 Å². The quantitative estimate of drug-likeness (QED) is 0.858. The van der Waals surface area contributed by atoms with E-state index in [1.807, 2.05) is 42.5 Å². The summed E-state index contributed by atoms with van der Waals surface area (Å²) in [6.45, 7) is 4.44. The number of aryl methyl sites for hydroxylation is 1. The van der Waals surface area contributed by atoms with E-state index >= 15 is 0 Å². The summed E-state index contributed by atoms with van der Waals surface area (Å²) in [5.74, 6) is 0.581. The molecule has 1 aliphatic rings. The Labute approximate surface area is 154 Å². The molecule has 1 atom stereocenters. The third-order valence-corrected chi connectivity index (χ3v) is 3.98. The van der Waals surface area contributed by atoms with E-state index < -0.39 is 6.10 Å². The van der Waals surface area contributed by atoms with Gasteiger partial charge < -0.3 is 20.1 Å². The van der Waals surface area contributed by atoms with Crippen molar-refractivity contribution in [3.63, 3.8) is 0 Å². The van der Waals surface area contributed by atoms with Crippen LogP contribution in [0.4, 0.5) is 5.69 Å². The van der Waals surface area contributed by atoms with Gasteiger partial charge in [-0.2, -0.15) is 0 Å². The van der Waals surface area contributed by atoms with Crippen molar-refractivity contribution in [3.8, 4) is 5.75 Å². The Balaban J connectivity index is 0.00000225. The van der Waals surface area contributed by atoms with E-state index in [1.165, 1.54) is 5.56 Å². The van der Waals surface area contributed by atoms with Crippen LogP contribution in [0.25, 0.3) is 0 Å². The van der Waals surface area contributed by atoms with E-state index in [9.17, 15) is 4.79 Å². The summed E-state index contributed by atoms with van der Waals surface area (Å²) >= 11 is 0. The van der Waals surface area contributed by atoms with E-state index in [-0.39, 0.29) is 18.3 Å². The van der Waals surface area contributed by atoms with E-state index in [0.29, 0.717) is 25.4 Å². The number of morpholine rings is 1. The highest BCUT2D eigenvalue weighted by Gasteiger charge is 2.21. The van der Waals surface area contributed by atoms with Crippen LogP contribution in [0, 0.1) is 6.92 Å². The standard InChI is InChI=1S/C19H22N2O3.ClH/c1-14-5-2-3-6-15(14)13-24-17-8-4-7-16(11-17)21-19(22)18-12-20-9-10-23-18;/h2-8,11,18,20H,9-10,12-13H2,1H3,(H,21,22);1H. The number of amides is 1. The highest BCUT2D eigenvalue weighted by molar-refractivity contribution is 5.94. The molecule has 1 amide bonds. The minimum absolute atomic E-state index is 0. The molecular formula is C19H23ClN2O3. The summed E-state index contributed by atoms with van der Waals surface area (Å²) in [4.78, 5) is 12.2. The van der Waals surface area contributed by atoms with Crippen LogP contribution in [-0.2, 0) is 16.1 Å². The van der Waals surface area contributed by atoms with Crippen molar-refractivity contribution >= 4 is 24.0 Å². The molecule has 134 valence electrons. The number of benzene rings is 2. The number of carbonyl (C=O) groups excluding carboxylic acids is 1. The molecule has 0 radical (unpaired) electrons. The van der Waals surface area contributed by atoms with E-state index in [1.54, 1.807) is 0 Å². The van der Waals surface area contributed by atoms with Gasteiger partial charge in [0.25, 0.3) is 5.91 Å². The summed E-state index contributed by atoms with van der Waals surface area (Å²) in [5.41, 5.74) is 3.05. The topological polar surface area (TPSA) is 59.6 Å². The molecule has 0 aliphatic carbocycles. The third kappa shape index (κ3) is 5.46. The van der Waals surface area contributed by atoms with Gasteiger partial charge in [0, 0.05) is 24.8 Å². The number of halogens is 1. The zero-order chi connectivity index (χ0) is 16.8. The molecule has 0 bridgehead atoms. The fraction of sp³-hybridized carbons (Fsp3) is 0.316. The molecular weight excluding hydrogens is 340 g/mol. The molecule has 1 aliphatic heterocycles. The van der Waals surface area contributed by atoms with E-state index in [2.05, 4.69) is 23.6 Å². The second-order valence-corrected chi connectivity index (χ2v) is 5.80. The van der Waals surface area contributed by atoms with Gasteiger partial charge in [0.2, 0.25) is 0 Å². The molecule has 1 fully saturated rings. The van der Waals surface area contributed by atoms with Gasteiger partial charge in [-0.25, -0.2) is 0 Å². The summed E-state index contributed by atoms with van der Waals surface area (Å²) in [5, 5.41) is 6.02. The van der Waals surface area contributed by atoms with Gasteiger partial charge in [0.05, 0.1) is 6.61 Å². The normalized spacial score (nSPS) is 16.6. The lowest BCUT2D eigenvalue weighted by molar-refractivity contribution is -0.128. The maximum absolute atomic E-state index is 12.2. The average Bonchev–Trinajstić information content (AvgIpc) is 2.62. The molecule has 0 spiro atoms. The SMILES string of the molecule is Cc1ccccc1COc1cccc(NC(=O)C2CNCCO2)c1.Cl. The maximum Gasteiger partial charge on any atom is 0.254 e. The van der Waals surface area contributed by atoms with Crippen molar-refractivity contribution in [2.45, 2.75) is 19.6 Å². The fourth-order valence-corrected chi connectivity index (χ4v) is 2.55. The number of hydrogen-bond donors (Lipinski definition) is 2. The lowest BCUT2D eigenvalue weighted by Gasteiger charge is -2.22. The van der Waals surface area contributed by atoms with Crippen molar-refractivity contribution in [2.24, 2.45) is 0 Å². The van der Waals surface area contributed by atoms with Gasteiger partial charge in [-0.3, -0.25) is 4.79 Å². The van der Waals surface area contributed by atoms with Crippen molar-refractivity contribution in [1.82, 2.24) is 5.32 Å². The lowest BCUT2D eigenvalue weighted by Crippen LogP contribution is -2.45. The van der Waals surface area contributed by atoms with Crippen molar-refractivity contribution in [3.05, 3.63) is 59.7 Å². The highest BCUT2D eigenvalue weighted by Crippen LogP contribution is 2.20. The molecule has 3 rings (SSSR count). The van der Waals surface area contributed by atoms with Gasteiger partial charge in [-0.15, -0.1) is 12.4 Å². The average molecular weight is 363 g/mol. The van der Waals surface area contributed by atoms with Crippen LogP contribution in [0.15, 0.2) is 48.5 Å². The molecule has 1 unspecified atom stereocenters. The number of ether oxygens (including phenoxy) is 2. The number of anilines is 1. The Hall–Kier alpha value is -2.08. The minimum Gasteiger partial charge on any atom is -0.489 e. The zero-order valence-corrected chi connectivity index (χ0v) is 15.0. The van der Waals surface area contributed by atoms with Crippen molar-refractivity contribution < 1.29 is 14.3 Å².